The van der Waals surface area contributed by atoms with Gasteiger partial charge in [-0.2, -0.15) is 0 Å². The average Bonchev–Trinajstić information content (AvgIpc) is 2.60. The molecule has 0 bridgehead atoms. The zero-order chi connectivity index (χ0) is 16.8. The van der Waals surface area contributed by atoms with E-state index in [1.165, 1.54) is 0 Å². The summed E-state index contributed by atoms with van der Waals surface area (Å²) in [6.07, 6.45) is -0.527. The Labute approximate surface area is 138 Å². The Hall–Kier alpha value is -2.04. The van der Waals surface area contributed by atoms with Gasteiger partial charge in [-0.05, 0) is 37.2 Å². The Kier molecular flexibility index (Phi) is 6.02. The van der Waals surface area contributed by atoms with Crippen LogP contribution in [0.4, 0.5) is 0 Å². The van der Waals surface area contributed by atoms with Crippen molar-refractivity contribution in [2.45, 2.75) is 25.6 Å². The molecule has 2 unspecified atom stereocenters. The summed E-state index contributed by atoms with van der Waals surface area (Å²) >= 11 is 0. The number of aliphatic hydroxyl groups is 1. The molecule has 0 aliphatic carbocycles. The summed E-state index contributed by atoms with van der Waals surface area (Å²) in [7, 11) is 5.27. The van der Waals surface area contributed by atoms with E-state index in [2.05, 4.69) is 4.90 Å². The Balaban J connectivity index is 2.07. The van der Waals surface area contributed by atoms with Crippen molar-refractivity contribution < 1.29 is 14.6 Å². The Morgan fingerprint density at radius 3 is 2.26 bits per heavy atom. The Morgan fingerprint density at radius 1 is 1.00 bits per heavy atom. The third-order valence-electron chi connectivity index (χ3n) is 4.17. The molecule has 0 radical (unpaired) electrons. The molecule has 0 aliphatic heterocycles. The monoisotopic (exact) mass is 315 g/mol. The van der Waals surface area contributed by atoms with E-state index < -0.39 is 6.10 Å². The van der Waals surface area contributed by atoms with Gasteiger partial charge >= 0.3 is 0 Å². The number of methoxy groups -OCH3 is 2. The van der Waals surface area contributed by atoms with Crippen LogP contribution in [-0.4, -0.2) is 37.3 Å². The number of nitrogens with zero attached hydrogens (tertiary/aromatic N) is 1. The van der Waals surface area contributed by atoms with E-state index in [-0.39, 0.29) is 6.04 Å². The second-order valence-corrected chi connectivity index (χ2v) is 5.70. The maximum atomic E-state index is 10.5. The number of ether oxygens (including phenoxy) is 2. The van der Waals surface area contributed by atoms with E-state index >= 15 is 0 Å². The van der Waals surface area contributed by atoms with Crippen LogP contribution in [0.25, 0.3) is 0 Å². The van der Waals surface area contributed by atoms with Crippen LogP contribution in [0.2, 0.25) is 0 Å². The van der Waals surface area contributed by atoms with E-state index in [1.54, 1.807) is 14.2 Å². The third kappa shape index (κ3) is 4.24. The molecule has 2 atom stereocenters. The molecule has 2 rings (SSSR count). The lowest BCUT2D eigenvalue weighted by Crippen LogP contribution is -2.33. The first-order valence-electron chi connectivity index (χ1n) is 7.71. The number of hydrogen-bond acceptors (Lipinski definition) is 4. The standard InChI is InChI=1S/C19H25NO3/c1-14(19(21)16-8-6-5-7-9-16)20(2)13-15-10-11-17(22-3)18(12-15)23-4/h5-12,14,19,21H,13H2,1-4H3. The molecule has 2 aromatic carbocycles. The largest absolute Gasteiger partial charge is 0.493 e. The summed E-state index contributed by atoms with van der Waals surface area (Å²) in [4.78, 5) is 2.12. The van der Waals surface area contributed by atoms with Crippen LogP contribution in [0.3, 0.4) is 0 Å². The van der Waals surface area contributed by atoms with E-state index in [4.69, 9.17) is 9.47 Å². The minimum absolute atomic E-state index is 0.00880. The molecule has 1 N–H and O–H groups in total. The molecule has 0 amide bonds. The molecular weight excluding hydrogens is 290 g/mol. The highest BCUT2D eigenvalue weighted by Crippen LogP contribution is 2.29. The predicted molar refractivity (Wildman–Crippen MR) is 91.9 cm³/mol. The lowest BCUT2D eigenvalue weighted by molar-refractivity contribution is 0.0688. The molecule has 4 nitrogen and oxygen atoms in total. The fraction of sp³-hybridized carbons (Fsp3) is 0.368. The molecule has 124 valence electrons. The SMILES string of the molecule is COc1ccc(CN(C)C(C)C(O)c2ccccc2)cc1OC. The van der Waals surface area contributed by atoms with Crippen LogP contribution >= 0.6 is 0 Å². The highest BCUT2D eigenvalue weighted by molar-refractivity contribution is 5.42. The van der Waals surface area contributed by atoms with Crippen LogP contribution in [0.5, 0.6) is 11.5 Å². The lowest BCUT2D eigenvalue weighted by Gasteiger charge is -2.29. The van der Waals surface area contributed by atoms with E-state index in [0.29, 0.717) is 6.54 Å². The van der Waals surface area contributed by atoms with Crippen molar-refractivity contribution in [2.24, 2.45) is 0 Å². The molecule has 0 heterocycles. The molecule has 0 aliphatic rings. The molecular formula is C19H25NO3. The number of benzene rings is 2. The van der Waals surface area contributed by atoms with Gasteiger partial charge in [-0.15, -0.1) is 0 Å². The van der Waals surface area contributed by atoms with Gasteiger partial charge in [0.15, 0.2) is 11.5 Å². The van der Waals surface area contributed by atoms with Crippen molar-refractivity contribution in [1.82, 2.24) is 4.90 Å². The van der Waals surface area contributed by atoms with E-state index in [1.807, 2.05) is 62.5 Å². The molecule has 2 aromatic rings. The first-order chi connectivity index (χ1) is 11.1. The minimum Gasteiger partial charge on any atom is -0.493 e. The normalized spacial score (nSPS) is 13.7. The highest BCUT2D eigenvalue weighted by atomic mass is 16.5. The van der Waals surface area contributed by atoms with Crippen LogP contribution < -0.4 is 9.47 Å². The predicted octanol–water partition coefficient (Wildman–Crippen LogP) is 3.26. The maximum absolute atomic E-state index is 10.5. The second-order valence-electron chi connectivity index (χ2n) is 5.70. The Morgan fingerprint density at radius 2 is 1.65 bits per heavy atom. The van der Waals surface area contributed by atoms with Crippen LogP contribution in [0.1, 0.15) is 24.2 Å². The quantitative estimate of drug-likeness (QED) is 0.851. The van der Waals surface area contributed by atoms with Gasteiger partial charge in [-0.25, -0.2) is 0 Å². The topological polar surface area (TPSA) is 41.9 Å². The van der Waals surface area contributed by atoms with Gasteiger partial charge in [0, 0.05) is 12.6 Å². The molecule has 0 fully saturated rings. The van der Waals surface area contributed by atoms with Crippen molar-refractivity contribution in [3.05, 3.63) is 59.7 Å². The number of hydrogen-bond donors (Lipinski definition) is 1. The van der Waals surface area contributed by atoms with Gasteiger partial charge in [0.25, 0.3) is 0 Å². The van der Waals surface area contributed by atoms with E-state index in [0.717, 1.165) is 22.6 Å². The molecule has 4 heteroatoms. The molecule has 0 saturated carbocycles. The average molecular weight is 315 g/mol. The number of aliphatic hydroxyl groups excluding tert-OH is 1. The smallest absolute Gasteiger partial charge is 0.161 e. The Bertz CT molecular complexity index is 615. The van der Waals surface area contributed by atoms with Crippen molar-refractivity contribution in [1.29, 1.82) is 0 Å². The molecule has 0 saturated heterocycles. The first-order valence-corrected chi connectivity index (χ1v) is 7.71. The van der Waals surface area contributed by atoms with Gasteiger partial charge in [0.05, 0.1) is 20.3 Å². The third-order valence-corrected chi connectivity index (χ3v) is 4.17. The van der Waals surface area contributed by atoms with Gasteiger partial charge < -0.3 is 14.6 Å². The zero-order valence-corrected chi connectivity index (χ0v) is 14.2. The summed E-state index contributed by atoms with van der Waals surface area (Å²) < 4.78 is 10.6. The first kappa shape index (κ1) is 17.3. The number of rotatable bonds is 7. The highest BCUT2D eigenvalue weighted by Gasteiger charge is 2.20. The summed E-state index contributed by atoms with van der Waals surface area (Å²) in [6.45, 7) is 2.74. The summed E-state index contributed by atoms with van der Waals surface area (Å²) in [5.41, 5.74) is 2.04. The van der Waals surface area contributed by atoms with Crippen molar-refractivity contribution in [3.63, 3.8) is 0 Å². The number of likely N-dealkylation sites (N-methyl/N-ethyl adjacent to an activating group) is 1. The van der Waals surface area contributed by atoms with Crippen LogP contribution in [0, 0.1) is 0 Å². The zero-order valence-electron chi connectivity index (χ0n) is 14.2. The van der Waals surface area contributed by atoms with Crippen molar-refractivity contribution in [2.75, 3.05) is 21.3 Å². The molecule has 0 spiro atoms. The van der Waals surface area contributed by atoms with Crippen LogP contribution in [0.15, 0.2) is 48.5 Å². The van der Waals surface area contributed by atoms with E-state index in [9.17, 15) is 5.11 Å². The second kappa shape index (κ2) is 7.99. The van der Waals surface area contributed by atoms with Crippen LogP contribution in [-0.2, 0) is 6.54 Å². The van der Waals surface area contributed by atoms with Gasteiger partial charge in [-0.3, -0.25) is 4.90 Å². The molecule has 23 heavy (non-hydrogen) atoms. The minimum atomic E-state index is -0.527. The van der Waals surface area contributed by atoms with Gasteiger partial charge in [0.1, 0.15) is 0 Å². The molecule has 0 aromatic heterocycles. The van der Waals surface area contributed by atoms with Crippen molar-refractivity contribution >= 4 is 0 Å². The summed E-state index contributed by atoms with van der Waals surface area (Å²) in [5, 5.41) is 10.5. The lowest BCUT2D eigenvalue weighted by atomic mass is 10.0. The fourth-order valence-corrected chi connectivity index (χ4v) is 2.58. The summed E-state index contributed by atoms with van der Waals surface area (Å²) in [5.74, 6) is 1.44. The van der Waals surface area contributed by atoms with Crippen molar-refractivity contribution in [3.8, 4) is 11.5 Å². The van der Waals surface area contributed by atoms with Gasteiger partial charge in [0.2, 0.25) is 0 Å². The maximum Gasteiger partial charge on any atom is 0.161 e. The summed E-state index contributed by atoms with van der Waals surface area (Å²) in [6, 6.07) is 15.6. The van der Waals surface area contributed by atoms with Gasteiger partial charge in [-0.1, -0.05) is 36.4 Å². The fourth-order valence-electron chi connectivity index (χ4n) is 2.58.